The molecule has 1 aliphatic heterocycles. The summed E-state index contributed by atoms with van der Waals surface area (Å²) in [5, 5.41) is 16.1. The molecule has 1 saturated heterocycles. The molecule has 8 nitrogen and oxygen atoms in total. The number of pyridine rings is 1. The van der Waals surface area contributed by atoms with Crippen molar-refractivity contribution in [3.63, 3.8) is 0 Å². The van der Waals surface area contributed by atoms with Gasteiger partial charge in [-0.25, -0.2) is 18.2 Å². The molecule has 1 aliphatic rings. The molecule has 1 aromatic heterocycles. The van der Waals surface area contributed by atoms with E-state index in [4.69, 9.17) is 0 Å². The fourth-order valence-electron chi connectivity index (χ4n) is 3.06. The summed E-state index contributed by atoms with van der Waals surface area (Å²) in [7, 11) is 0. The highest BCUT2D eigenvalue weighted by molar-refractivity contribution is 8.01. The Morgan fingerprint density at radius 1 is 1.39 bits per heavy atom. The molecule has 2 amide bonds. The maximum Gasteiger partial charge on any atom is 0.261 e. The summed E-state index contributed by atoms with van der Waals surface area (Å²) >= 11 is 1.11. The second-order valence-corrected chi connectivity index (χ2v) is 8.02. The molecule has 2 rings (SSSR count). The van der Waals surface area contributed by atoms with Crippen LogP contribution in [0.3, 0.4) is 0 Å². The fraction of sp³-hybridized carbons (Fsp3) is 0.579. The van der Waals surface area contributed by atoms with E-state index < -0.39 is 41.6 Å². The van der Waals surface area contributed by atoms with Crippen LogP contribution in [0.4, 0.5) is 24.7 Å². The number of thioether (sulfide) groups is 1. The number of carbonyl (C=O) groups is 2. The van der Waals surface area contributed by atoms with Gasteiger partial charge in [0.15, 0.2) is 5.92 Å². The summed E-state index contributed by atoms with van der Waals surface area (Å²) in [5.41, 5.74) is 0.739. The first-order chi connectivity index (χ1) is 14.9. The molecule has 4 atom stereocenters. The van der Waals surface area contributed by atoms with Crippen molar-refractivity contribution in [2.45, 2.75) is 36.9 Å². The Morgan fingerprint density at radius 3 is 2.71 bits per heavy atom. The second kappa shape index (κ2) is 11.6. The predicted octanol–water partition coefficient (Wildman–Crippen LogP) is 2.07. The molecule has 2 heterocycles. The molecule has 0 aliphatic carbocycles. The van der Waals surface area contributed by atoms with Crippen molar-refractivity contribution in [2.75, 3.05) is 36.9 Å². The zero-order chi connectivity index (χ0) is 23.0. The van der Waals surface area contributed by atoms with E-state index in [1.165, 1.54) is 4.90 Å². The molecule has 31 heavy (non-hydrogen) atoms. The lowest BCUT2D eigenvalue weighted by atomic mass is 10.1. The monoisotopic (exact) mass is 458 g/mol. The lowest BCUT2D eigenvalue weighted by Gasteiger charge is -2.26. The van der Waals surface area contributed by atoms with Crippen molar-refractivity contribution >= 4 is 35.1 Å². The molecule has 0 saturated carbocycles. The minimum absolute atomic E-state index is 0.232. The lowest BCUT2D eigenvalue weighted by Crippen LogP contribution is -2.49. The maximum absolute atomic E-state index is 12.8. The zero-order valence-electron chi connectivity index (χ0n) is 17.1. The van der Waals surface area contributed by atoms with Crippen LogP contribution >= 0.6 is 11.8 Å². The molecule has 1 fully saturated rings. The van der Waals surface area contributed by atoms with E-state index in [2.05, 4.69) is 15.6 Å². The van der Waals surface area contributed by atoms with Crippen LogP contribution < -0.4 is 16.0 Å². The number of halogens is 3. The van der Waals surface area contributed by atoms with Crippen molar-refractivity contribution < 1.29 is 22.8 Å². The van der Waals surface area contributed by atoms with Gasteiger partial charge < -0.3 is 20.9 Å². The summed E-state index contributed by atoms with van der Waals surface area (Å²) in [4.78, 5) is 30.7. The highest BCUT2D eigenvalue weighted by Crippen LogP contribution is 2.36. The molecule has 2 unspecified atom stereocenters. The predicted molar refractivity (Wildman–Crippen MR) is 112 cm³/mol. The molecule has 12 heteroatoms. The molecule has 0 radical (unpaired) electrons. The van der Waals surface area contributed by atoms with Gasteiger partial charge in [0.25, 0.3) is 6.43 Å². The summed E-state index contributed by atoms with van der Waals surface area (Å²) in [6.45, 7) is 3.35. The third-order valence-electron chi connectivity index (χ3n) is 4.62. The molecular formula is C19H25F3N6O2S. The van der Waals surface area contributed by atoms with E-state index in [1.54, 1.807) is 31.3 Å². The largest absolute Gasteiger partial charge is 0.383 e. The van der Waals surface area contributed by atoms with Crippen LogP contribution in [-0.4, -0.2) is 71.1 Å². The van der Waals surface area contributed by atoms with Crippen LogP contribution in [0.2, 0.25) is 0 Å². The summed E-state index contributed by atoms with van der Waals surface area (Å²) in [5.74, 6) is -2.02. The molecule has 0 spiro atoms. The van der Waals surface area contributed by atoms with Gasteiger partial charge in [0, 0.05) is 37.6 Å². The first kappa shape index (κ1) is 24.6. The molecule has 3 N–H and O–H groups in total. The minimum atomic E-state index is -3.10. The van der Waals surface area contributed by atoms with Gasteiger partial charge in [-0.05, 0) is 19.9 Å². The van der Waals surface area contributed by atoms with Gasteiger partial charge in [0.05, 0.1) is 6.07 Å². The highest BCUT2D eigenvalue weighted by Gasteiger charge is 2.46. The smallest absolute Gasteiger partial charge is 0.261 e. The quantitative estimate of drug-likeness (QED) is 0.466. The van der Waals surface area contributed by atoms with E-state index in [0.29, 0.717) is 12.4 Å². The summed E-state index contributed by atoms with van der Waals surface area (Å²) in [6.07, 6.45) is -1.48. The van der Waals surface area contributed by atoms with Crippen LogP contribution in [0, 0.1) is 17.2 Å². The third-order valence-corrected chi connectivity index (χ3v) is 6.13. The first-order valence-corrected chi connectivity index (χ1v) is 10.7. The number of nitriles is 1. The third kappa shape index (κ3) is 6.16. The average molecular weight is 459 g/mol. The Labute approximate surface area is 182 Å². The number of nitrogens with zero attached hydrogens (tertiary/aromatic N) is 3. The number of hydrogen-bond donors (Lipinski definition) is 3. The van der Waals surface area contributed by atoms with Crippen molar-refractivity contribution in [1.82, 2.24) is 15.2 Å². The van der Waals surface area contributed by atoms with Gasteiger partial charge in [0.2, 0.25) is 11.8 Å². The Hall–Kier alpha value is -2.68. The topological polar surface area (TPSA) is 110 Å². The van der Waals surface area contributed by atoms with Crippen LogP contribution in [0.25, 0.3) is 0 Å². The normalized spacial score (nSPS) is 20.3. The zero-order valence-corrected chi connectivity index (χ0v) is 18.0. The molecule has 1 aromatic rings. The highest BCUT2D eigenvalue weighted by atomic mass is 32.2. The van der Waals surface area contributed by atoms with Crippen LogP contribution in [0.1, 0.15) is 13.8 Å². The Kier molecular flexibility index (Phi) is 9.23. The number of carbonyl (C=O) groups excluding carboxylic acids is 2. The number of amides is 2. The number of anilines is 2. The van der Waals surface area contributed by atoms with Crippen LogP contribution in [0.15, 0.2) is 18.3 Å². The molecular weight excluding hydrogens is 433 g/mol. The number of alkyl halides is 3. The fourth-order valence-corrected chi connectivity index (χ4v) is 4.57. The van der Waals surface area contributed by atoms with Gasteiger partial charge in [0.1, 0.15) is 29.2 Å². The Balaban J connectivity index is 2.08. The van der Waals surface area contributed by atoms with E-state index >= 15 is 0 Å². The van der Waals surface area contributed by atoms with E-state index in [9.17, 15) is 28.0 Å². The Morgan fingerprint density at radius 2 is 2.13 bits per heavy atom. The van der Waals surface area contributed by atoms with Crippen molar-refractivity contribution in [3.8, 4) is 6.07 Å². The lowest BCUT2D eigenvalue weighted by molar-refractivity contribution is -0.132. The number of aromatic nitrogens is 1. The Bertz CT molecular complexity index is 809. The minimum Gasteiger partial charge on any atom is -0.383 e. The standard InChI is InChI=1S/C19H25F3N6O2S/c1-3-24-15-7-11(5-6-25-15)26-10-14-18(30)28(4-2)19(31-14)12(9-23)17(29)27-13(8-20)16(21)22/h5-7,12-14,16,19H,3-4,8,10H2,1-2H3,(H,27,29)(H2,24,25,26)/t12-,13?,14-,19?/m1/s1. The second-order valence-electron chi connectivity index (χ2n) is 6.69. The van der Waals surface area contributed by atoms with Crippen LogP contribution in [-0.2, 0) is 9.59 Å². The molecule has 170 valence electrons. The first-order valence-electron chi connectivity index (χ1n) is 9.80. The molecule has 0 bridgehead atoms. The van der Waals surface area contributed by atoms with Gasteiger partial charge in [-0.1, -0.05) is 0 Å². The van der Waals surface area contributed by atoms with Gasteiger partial charge in [-0.2, -0.15) is 5.26 Å². The molecule has 0 aromatic carbocycles. The van der Waals surface area contributed by atoms with Gasteiger partial charge >= 0.3 is 0 Å². The summed E-state index contributed by atoms with van der Waals surface area (Å²) in [6, 6.07) is 3.32. The van der Waals surface area contributed by atoms with Crippen molar-refractivity contribution in [1.29, 1.82) is 5.26 Å². The van der Waals surface area contributed by atoms with Crippen molar-refractivity contribution in [3.05, 3.63) is 18.3 Å². The van der Waals surface area contributed by atoms with Gasteiger partial charge in [-0.15, -0.1) is 11.8 Å². The average Bonchev–Trinajstić information content (AvgIpc) is 3.06. The van der Waals surface area contributed by atoms with Crippen molar-refractivity contribution in [2.24, 2.45) is 5.92 Å². The van der Waals surface area contributed by atoms with E-state index in [-0.39, 0.29) is 19.0 Å². The van der Waals surface area contributed by atoms with Crippen LogP contribution in [0.5, 0.6) is 0 Å². The number of hydrogen-bond acceptors (Lipinski definition) is 7. The summed E-state index contributed by atoms with van der Waals surface area (Å²) < 4.78 is 38.3. The number of nitrogens with one attached hydrogen (secondary N) is 3. The SMILES string of the molecule is CCNc1cc(NC[C@H]2SC([C@H](C#N)C(=O)NC(CF)C(F)F)N(CC)C2=O)ccn1. The maximum atomic E-state index is 12.8. The number of rotatable bonds is 11. The van der Waals surface area contributed by atoms with E-state index in [1.807, 2.05) is 12.2 Å². The van der Waals surface area contributed by atoms with E-state index in [0.717, 1.165) is 17.4 Å². The van der Waals surface area contributed by atoms with Gasteiger partial charge in [-0.3, -0.25) is 9.59 Å².